The molecule has 1 aromatic carbocycles. The van der Waals surface area contributed by atoms with Gasteiger partial charge < -0.3 is 10.2 Å². The number of carbonyl (C=O) groups is 2. The molecule has 1 aliphatic carbocycles. The van der Waals surface area contributed by atoms with E-state index in [1.165, 1.54) is 34.8 Å². The van der Waals surface area contributed by atoms with Crippen LogP contribution < -0.4 is 10.2 Å². The lowest BCUT2D eigenvalue weighted by atomic mass is 9.71. The van der Waals surface area contributed by atoms with Crippen LogP contribution in [0.1, 0.15) is 34.8 Å². The monoisotopic (exact) mass is 562 g/mol. The number of nitrogens with zero attached hydrogens (tertiary/aromatic N) is 5. The number of halogens is 5. The summed E-state index contributed by atoms with van der Waals surface area (Å²) in [5, 5.41) is 6.79. The molecule has 13 heteroatoms. The Morgan fingerprint density at radius 2 is 1.92 bits per heavy atom. The Morgan fingerprint density at radius 3 is 2.56 bits per heavy atom. The molecule has 3 aromatic rings. The van der Waals surface area contributed by atoms with Crippen LogP contribution in [-0.2, 0) is 17.3 Å². The fourth-order valence-electron chi connectivity index (χ4n) is 5.45. The number of aromatic nitrogens is 3. The van der Waals surface area contributed by atoms with E-state index in [0.29, 0.717) is 0 Å². The van der Waals surface area contributed by atoms with Gasteiger partial charge in [0.25, 0.3) is 5.91 Å². The molecule has 3 aliphatic rings. The number of aryl methyl sites for hydroxylation is 1. The number of carbonyl (C=O) groups excluding carboxylic acids is 2. The first-order valence-corrected chi connectivity index (χ1v) is 12.7. The van der Waals surface area contributed by atoms with E-state index in [4.69, 9.17) is 11.6 Å². The lowest BCUT2D eigenvalue weighted by Crippen LogP contribution is -2.58. The largest absolute Gasteiger partial charge is 0.361 e. The van der Waals surface area contributed by atoms with Crippen molar-refractivity contribution < 1.29 is 27.2 Å². The van der Waals surface area contributed by atoms with Crippen molar-refractivity contribution >= 4 is 35.1 Å². The van der Waals surface area contributed by atoms with Crippen molar-refractivity contribution in [3.63, 3.8) is 0 Å². The molecule has 2 aliphatic heterocycles. The van der Waals surface area contributed by atoms with Crippen molar-refractivity contribution in [2.45, 2.75) is 31.0 Å². The molecule has 3 atom stereocenters. The summed E-state index contributed by atoms with van der Waals surface area (Å²) in [7, 11) is 1.49. The summed E-state index contributed by atoms with van der Waals surface area (Å²) in [5.41, 5.74) is -1.81. The topological polar surface area (TPSA) is 83.4 Å². The fraction of sp³-hybridized carbons (Fsp3) is 0.385. The third-order valence-electron chi connectivity index (χ3n) is 7.65. The van der Waals surface area contributed by atoms with Crippen LogP contribution in [0.3, 0.4) is 0 Å². The molecular weight excluding hydrogens is 540 g/mol. The predicted molar refractivity (Wildman–Crippen MR) is 134 cm³/mol. The van der Waals surface area contributed by atoms with E-state index >= 15 is 8.78 Å². The molecule has 2 amide bonds. The minimum absolute atomic E-state index is 0.00626. The number of pyridine rings is 1. The van der Waals surface area contributed by atoms with Gasteiger partial charge in [-0.2, -0.15) is 5.10 Å². The van der Waals surface area contributed by atoms with Crippen LogP contribution in [0.25, 0.3) is 0 Å². The summed E-state index contributed by atoms with van der Waals surface area (Å²) < 4.78 is 60.8. The zero-order valence-electron chi connectivity index (χ0n) is 20.9. The number of rotatable bonds is 5. The van der Waals surface area contributed by atoms with Crippen LogP contribution >= 0.6 is 11.6 Å². The van der Waals surface area contributed by atoms with Gasteiger partial charge in [0.15, 0.2) is 23.3 Å². The van der Waals surface area contributed by atoms with Crippen LogP contribution in [0, 0.1) is 23.4 Å². The smallest absolute Gasteiger partial charge is 0.261 e. The third kappa shape index (κ3) is 4.03. The Hall–Kier alpha value is -3.67. The van der Waals surface area contributed by atoms with Crippen LogP contribution in [0.5, 0.6) is 0 Å². The lowest BCUT2D eigenvalue weighted by Gasteiger charge is -2.42. The van der Waals surface area contributed by atoms with Gasteiger partial charge in [0.2, 0.25) is 5.91 Å². The molecule has 2 aromatic heterocycles. The first kappa shape index (κ1) is 25.6. The Balaban J connectivity index is 1.39. The number of benzene rings is 1. The van der Waals surface area contributed by atoms with Gasteiger partial charge in [0.05, 0.1) is 28.7 Å². The van der Waals surface area contributed by atoms with Crippen molar-refractivity contribution in [2.75, 3.05) is 29.9 Å². The Labute approximate surface area is 225 Å². The summed E-state index contributed by atoms with van der Waals surface area (Å²) >= 11 is 6.07. The number of fused-ring (bicyclic) bond motifs is 1. The van der Waals surface area contributed by atoms with Gasteiger partial charge in [-0.05, 0) is 19.4 Å². The maximum Gasteiger partial charge on any atom is 0.261 e. The minimum atomic E-state index is -1.52. The zero-order valence-corrected chi connectivity index (χ0v) is 21.6. The van der Waals surface area contributed by atoms with Crippen molar-refractivity contribution in [2.24, 2.45) is 13.0 Å². The molecule has 4 heterocycles. The van der Waals surface area contributed by atoms with Gasteiger partial charge in [0.1, 0.15) is 12.0 Å². The van der Waals surface area contributed by atoms with Gasteiger partial charge >= 0.3 is 0 Å². The summed E-state index contributed by atoms with van der Waals surface area (Å²) in [6.45, 7) is 1.70. The Kier molecular flexibility index (Phi) is 5.87. The summed E-state index contributed by atoms with van der Waals surface area (Å²) in [6.07, 6.45) is 1.37. The number of amides is 2. The standard InChI is InChI=1S/C26H23ClF4N6O2/c1-26(15-4-3-5-16(27)20(15)30)11-37(23-18(29)10-35(2)34-23)25(39)14-7-32-22(21(31)19(14)26)33-12-8-36(9-12)24(38)13-6-17(13)28/h3-5,7,10,12-13,17H,6,8-9,11H2,1-2H3,(H,32,33)/t13-,17-,26+/m0/s1. The van der Waals surface area contributed by atoms with E-state index in [1.807, 2.05) is 0 Å². The molecule has 0 unspecified atom stereocenters. The maximum atomic E-state index is 16.2. The number of hydrogen-bond donors (Lipinski definition) is 1. The van der Waals surface area contributed by atoms with E-state index in [1.54, 1.807) is 6.92 Å². The van der Waals surface area contributed by atoms with E-state index in [9.17, 15) is 18.4 Å². The van der Waals surface area contributed by atoms with Crippen LogP contribution in [0.15, 0.2) is 30.6 Å². The molecule has 6 rings (SSSR count). The number of alkyl halides is 1. The second kappa shape index (κ2) is 8.94. The van der Waals surface area contributed by atoms with Gasteiger partial charge in [-0.3, -0.25) is 19.2 Å². The van der Waals surface area contributed by atoms with E-state index < -0.39 is 40.9 Å². The molecule has 0 radical (unpaired) electrons. The molecule has 1 saturated carbocycles. The van der Waals surface area contributed by atoms with Crippen molar-refractivity contribution in [1.29, 1.82) is 0 Å². The van der Waals surface area contributed by atoms with E-state index in [2.05, 4.69) is 15.4 Å². The van der Waals surface area contributed by atoms with Crippen LogP contribution in [-0.4, -0.2) is 63.3 Å². The summed E-state index contributed by atoms with van der Waals surface area (Å²) in [6, 6.07) is 3.94. The first-order valence-electron chi connectivity index (χ1n) is 12.3. The quantitative estimate of drug-likeness (QED) is 0.478. The van der Waals surface area contributed by atoms with Gasteiger partial charge in [0, 0.05) is 49.4 Å². The first-order chi connectivity index (χ1) is 18.5. The highest BCUT2D eigenvalue weighted by molar-refractivity contribution is 6.30. The molecule has 1 saturated heterocycles. The second-order valence-electron chi connectivity index (χ2n) is 10.5. The number of likely N-dealkylation sites (tertiary alicyclic amines) is 1. The van der Waals surface area contributed by atoms with Crippen molar-refractivity contribution in [3.05, 3.63) is 69.8 Å². The lowest BCUT2D eigenvalue weighted by molar-refractivity contribution is -0.136. The highest BCUT2D eigenvalue weighted by Gasteiger charge is 2.49. The maximum absolute atomic E-state index is 16.2. The average Bonchev–Trinajstić information content (AvgIpc) is 3.50. The van der Waals surface area contributed by atoms with Gasteiger partial charge in [-0.15, -0.1) is 0 Å². The molecule has 204 valence electrons. The highest BCUT2D eigenvalue weighted by Crippen LogP contribution is 2.45. The Morgan fingerprint density at radius 1 is 1.21 bits per heavy atom. The number of hydrogen-bond acceptors (Lipinski definition) is 5. The van der Waals surface area contributed by atoms with E-state index in [0.717, 1.165) is 17.3 Å². The highest BCUT2D eigenvalue weighted by atomic mass is 35.5. The number of anilines is 2. The number of nitrogens with one attached hydrogen (secondary N) is 1. The SMILES string of the molecule is Cn1cc(F)c(N2C[C@](C)(c3cccc(Cl)c3F)c3c(cnc(NC4CN(C(=O)[C@H]5C[C@@H]5F)C4)c3F)C2=O)n1. The Bertz CT molecular complexity index is 1530. The van der Waals surface area contributed by atoms with Gasteiger partial charge in [-0.1, -0.05) is 23.7 Å². The molecule has 2 fully saturated rings. The predicted octanol–water partition coefficient (Wildman–Crippen LogP) is 3.83. The molecule has 0 bridgehead atoms. The van der Waals surface area contributed by atoms with Crippen molar-refractivity contribution in [3.8, 4) is 0 Å². The van der Waals surface area contributed by atoms with Crippen molar-refractivity contribution in [1.82, 2.24) is 19.7 Å². The van der Waals surface area contributed by atoms with E-state index in [-0.39, 0.29) is 71.4 Å². The third-order valence-corrected chi connectivity index (χ3v) is 7.94. The molecular formula is C26H23ClF4N6O2. The molecule has 39 heavy (non-hydrogen) atoms. The van der Waals surface area contributed by atoms with Crippen LogP contribution in [0.2, 0.25) is 5.02 Å². The molecule has 1 N–H and O–H groups in total. The normalized spacial score (nSPS) is 24.4. The second-order valence-corrected chi connectivity index (χ2v) is 10.9. The fourth-order valence-corrected chi connectivity index (χ4v) is 5.63. The molecule has 0 spiro atoms. The van der Waals surface area contributed by atoms with Gasteiger partial charge in [-0.25, -0.2) is 22.5 Å². The zero-order chi connectivity index (χ0) is 27.8. The summed E-state index contributed by atoms with van der Waals surface area (Å²) in [4.78, 5) is 32.4. The summed E-state index contributed by atoms with van der Waals surface area (Å²) in [5.74, 6) is -4.52. The minimum Gasteiger partial charge on any atom is -0.361 e. The average molecular weight is 563 g/mol. The van der Waals surface area contributed by atoms with Crippen LogP contribution in [0.4, 0.5) is 29.2 Å². The molecule has 8 nitrogen and oxygen atoms in total.